The second kappa shape index (κ2) is 7.23. The number of likely N-dealkylation sites (tertiary alicyclic amines) is 1. The predicted octanol–water partition coefficient (Wildman–Crippen LogP) is 2.60. The lowest BCUT2D eigenvalue weighted by Crippen LogP contribution is -2.37. The van der Waals surface area contributed by atoms with Gasteiger partial charge in [0.1, 0.15) is 5.56 Å². The highest BCUT2D eigenvalue weighted by molar-refractivity contribution is 5.98. The number of benzene rings is 2. The Morgan fingerprint density at radius 1 is 1.17 bits per heavy atom. The van der Waals surface area contributed by atoms with Gasteiger partial charge < -0.3 is 5.32 Å². The molecule has 3 rings (SSSR count). The molecular formula is C18H19N3O3. The molecule has 24 heavy (non-hydrogen) atoms. The maximum absolute atomic E-state index is 12.4. The van der Waals surface area contributed by atoms with Crippen molar-refractivity contribution >= 4 is 11.6 Å². The molecule has 1 heterocycles. The smallest absolute Gasteiger partial charge is 0.282 e. The molecular weight excluding hydrogens is 306 g/mol. The Morgan fingerprint density at radius 2 is 1.88 bits per heavy atom. The monoisotopic (exact) mass is 325 g/mol. The topological polar surface area (TPSA) is 75.5 Å². The summed E-state index contributed by atoms with van der Waals surface area (Å²) in [6.45, 7) is 2.50. The molecule has 124 valence electrons. The van der Waals surface area contributed by atoms with Gasteiger partial charge in [0.25, 0.3) is 11.6 Å². The van der Waals surface area contributed by atoms with Gasteiger partial charge >= 0.3 is 0 Å². The van der Waals surface area contributed by atoms with E-state index in [9.17, 15) is 14.9 Å². The van der Waals surface area contributed by atoms with Gasteiger partial charge in [0.05, 0.1) is 4.92 Å². The van der Waals surface area contributed by atoms with Gasteiger partial charge in [-0.05, 0) is 18.1 Å². The van der Waals surface area contributed by atoms with E-state index in [1.165, 1.54) is 17.7 Å². The van der Waals surface area contributed by atoms with Gasteiger partial charge in [-0.1, -0.05) is 42.5 Å². The van der Waals surface area contributed by atoms with E-state index in [-0.39, 0.29) is 23.2 Å². The minimum absolute atomic E-state index is 0.0148. The molecule has 0 radical (unpaired) electrons. The molecule has 1 atom stereocenters. The van der Waals surface area contributed by atoms with Crippen LogP contribution in [0.5, 0.6) is 0 Å². The summed E-state index contributed by atoms with van der Waals surface area (Å²) in [7, 11) is 0. The number of nitro groups is 1. The number of hydrogen-bond donors (Lipinski definition) is 1. The molecule has 0 saturated carbocycles. The molecule has 2 aromatic rings. The van der Waals surface area contributed by atoms with Crippen molar-refractivity contribution in [3.63, 3.8) is 0 Å². The summed E-state index contributed by atoms with van der Waals surface area (Å²) >= 11 is 0. The van der Waals surface area contributed by atoms with Crippen LogP contribution < -0.4 is 5.32 Å². The van der Waals surface area contributed by atoms with Gasteiger partial charge in [-0.25, -0.2) is 0 Å². The van der Waals surface area contributed by atoms with Gasteiger partial charge in [-0.15, -0.1) is 0 Å². The average molecular weight is 325 g/mol. The van der Waals surface area contributed by atoms with Crippen LogP contribution in [0.2, 0.25) is 0 Å². The largest absolute Gasteiger partial charge is 0.348 e. The van der Waals surface area contributed by atoms with E-state index < -0.39 is 4.92 Å². The number of amides is 1. The van der Waals surface area contributed by atoms with Crippen LogP contribution in [-0.2, 0) is 6.54 Å². The summed E-state index contributed by atoms with van der Waals surface area (Å²) in [5.41, 5.74) is 1.20. The van der Waals surface area contributed by atoms with Crippen LogP contribution in [0.15, 0.2) is 54.6 Å². The number of nitrogens with zero attached hydrogens (tertiary/aromatic N) is 2. The third-order valence-corrected chi connectivity index (χ3v) is 4.20. The summed E-state index contributed by atoms with van der Waals surface area (Å²) in [5, 5.41) is 14.0. The first-order valence-electron chi connectivity index (χ1n) is 7.94. The molecule has 0 unspecified atom stereocenters. The fraction of sp³-hybridized carbons (Fsp3) is 0.278. The molecule has 1 aliphatic rings. The third-order valence-electron chi connectivity index (χ3n) is 4.20. The Bertz CT molecular complexity index is 733. The Balaban J connectivity index is 1.59. The highest BCUT2D eigenvalue weighted by Gasteiger charge is 2.26. The standard InChI is InChI=1S/C18H19N3O3/c22-18(16-8-4-5-9-17(16)21(23)24)19-15-10-11-20(13-15)12-14-6-2-1-3-7-14/h1-9,15H,10-13H2,(H,19,22)/t15-/m1/s1. The maximum atomic E-state index is 12.4. The van der Waals surface area contributed by atoms with Gasteiger partial charge in [-0.2, -0.15) is 0 Å². The van der Waals surface area contributed by atoms with Crippen LogP contribution in [0.3, 0.4) is 0 Å². The maximum Gasteiger partial charge on any atom is 0.282 e. The number of carbonyl (C=O) groups excluding carboxylic acids is 1. The Morgan fingerprint density at radius 3 is 2.62 bits per heavy atom. The van der Waals surface area contributed by atoms with Gasteiger partial charge in [0.2, 0.25) is 0 Å². The van der Waals surface area contributed by atoms with Crippen LogP contribution in [0, 0.1) is 10.1 Å². The van der Waals surface area contributed by atoms with E-state index in [1.54, 1.807) is 12.1 Å². The Kier molecular flexibility index (Phi) is 4.86. The van der Waals surface area contributed by atoms with Crippen LogP contribution in [0.4, 0.5) is 5.69 Å². The SMILES string of the molecule is O=C(N[C@@H]1CCN(Cc2ccccc2)C1)c1ccccc1[N+](=O)[O-]. The molecule has 1 amide bonds. The van der Waals surface area contributed by atoms with Crippen molar-refractivity contribution in [3.8, 4) is 0 Å². The van der Waals surface area contributed by atoms with E-state index in [0.29, 0.717) is 0 Å². The second-order valence-electron chi connectivity index (χ2n) is 5.95. The highest BCUT2D eigenvalue weighted by atomic mass is 16.6. The van der Waals surface area contributed by atoms with Crippen molar-refractivity contribution in [1.29, 1.82) is 0 Å². The van der Waals surface area contributed by atoms with Gasteiger partial charge in [-0.3, -0.25) is 19.8 Å². The van der Waals surface area contributed by atoms with Crippen LogP contribution in [0.25, 0.3) is 0 Å². The first-order valence-corrected chi connectivity index (χ1v) is 7.94. The van der Waals surface area contributed by atoms with E-state index in [0.717, 1.165) is 26.1 Å². The number of carbonyl (C=O) groups is 1. The van der Waals surface area contributed by atoms with Crippen molar-refractivity contribution in [1.82, 2.24) is 10.2 Å². The van der Waals surface area contributed by atoms with Crippen molar-refractivity contribution < 1.29 is 9.72 Å². The first-order chi connectivity index (χ1) is 11.6. The molecule has 1 aliphatic heterocycles. The van der Waals surface area contributed by atoms with E-state index in [2.05, 4.69) is 22.3 Å². The first kappa shape index (κ1) is 16.1. The number of nitro benzene ring substituents is 1. The molecule has 1 fully saturated rings. The van der Waals surface area contributed by atoms with Crippen molar-refractivity contribution in [2.24, 2.45) is 0 Å². The van der Waals surface area contributed by atoms with E-state index >= 15 is 0 Å². The lowest BCUT2D eigenvalue weighted by molar-refractivity contribution is -0.385. The molecule has 1 saturated heterocycles. The zero-order valence-corrected chi connectivity index (χ0v) is 13.2. The van der Waals surface area contributed by atoms with Crippen LogP contribution in [-0.4, -0.2) is 34.9 Å². The van der Waals surface area contributed by atoms with Gasteiger partial charge in [0, 0.05) is 31.7 Å². The number of rotatable bonds is 5. The molecule has 0 aliphatic carbocycles. The molecule has 0 aromatic heterocycles. The Hall–Kier alpha value is -2.73. The zero-order chi connectivity index (χ0) is 16.9. The van der Waals surface area contributed by atoms with Crippen LogP contribution >= 0.6 is 0 Å². The van der Waals surface area contributed by atoms with Gasteiger partial charge in [0.15, 0.2) is 0 Å². The average Bonchev–Trinajstić information content (AvgIpc) is 3.02. The number of hydrogen-bond acceptors (Lipinski definition) is 4. The van der Waals surface area contributed by atoms with Crippen molar-refractivity contribution in [2.45, 2.75) is 19.0 Å². The van der Waals surface area contributed by atoms with E-state index in [4.69, 9.17) is 0 Å². The predicted molar refractivity (Wildman–Crippen MR) is 90.7 cm³/mol. The number of nitrogens with one attached hydrogen (secondary N) is 1. The van der Waals surface area contributed by atoms with Crippen LogP contribution in [0.1, 0.15) is 22.3 Å². The molecule has 0 bridgehead atoms. The molecule has 1 N–H and O–H groups in total. The summed E-state index contributed by atoms with van der Waals surface area (Å²) in [6.07, 6.45) is 0.846. The number of para-hydroxylation sites is 1. The lowest BCUT2D eigenvalue weighted by atomic mass is 10.1. The van der Waals surface area contributed by atoms with E-state index in [1.807, 2.05) is 18.2 Å². The molecule has 6 heteroatoms. The van der Waals surface area contributed by atoms with Crippen molar-refractivity contribution in [2.75, 3.05) is 13.1 Å². The summed E-state index contributed by atoms with van der Waals surface area (Å²) in [5.74, 6) is -0.381. The fourth-order valence-electron chi connectivity index (χ4n) is 3.02. The lowest BCUT2D eigenvalue weighted by Gasteiger charge is -2.16. The molecule has 6 nitrogen and oxygen atoms in total. The Labute approximate surface area is 140 Å². The third kappa shape index (κ3) is 3.78. The van der Waals surface area contributed by atoms with Crippen molar-refractivity contribution in [3.05, 3.63) is 75.8 Å². The molecule has 0 spiro atoms. The zero-order valence-electron chi connectivity index (χ0n) is 13.2. The second-order valence-corrected chi connectivity index (χ2v) is 5.95. The highest BCUT2D eigenvalue weighted by Crippen LogP contribution is 2.19. The molecule has 2 aromatic carbocycles. The fourth-order valence-corrected chi connectivity index (χ4v) is 3.02. The summed E-state index contributed by atoms with van der Waals surface area (Å²) in [4.78, 5) is 25.1. The normalized spacial score (nSPS) is 17.6. The summed E-state index contributed by atoms with van der Waals surface area (Å²) < 4.78 is 0. The summed E-state index contributed by atoms with van der Waals surface area (Å²) in [6, 6.07) is 16.2. The minimum atomic E-state index is -0.523. The minimum Gasteiger partial charge on any atom is -0.348 e. The quantitative estimate of drug-likeness (QED) is 0.677.